The summed E-state index contributed by atoms with van der Waals surface area (Å²) >= 11 is 0. The topological polar surface area (TPSA) is 123 Å². The SMILES string of the molecule is CC(NC(=O)c1cc2ccc(OC(=O)CN3C(=O)c4ccccc4C3=O)cc2oc1=O)c1ccccc1. The van der Waals surface area contributed by atoms with Crippen LogP contribution in [-0.2, 0) is 4.79 Å². The van der Waals surface area contributed by atoms with Gasteiger partial charge in [-0.15, -0.1) is 0 Å². The number of imide groups is 1. The number of amides is 3. The van der Waals surface area contributed by atoms with Crippen LogP contribution in [0.3, 0.4) is 0 Å². The van der Waals surface area contributed by atoms with Crippen LogP contribution in [0.25, 0.3) is 11.0 Å². The molecule has 0 saturated carbocycles. The second-order valence-corrected chi connectivity index (χ2v) is 8.47. The zero-order chi connectivity index (χ0) is 26.1. The van der Waals surface area contributed by atoms with Crippen LogP contribution in [0.15, 0.2) is 88.1 Å². The van der Waals surface area contributed by atoms with Crippen LogP contribution in [0.5, 0.6) is 5.75 Å². The Labute approximate surface area is 210 Å². The zero-order valence-corrected chi connectivity index (χ0v) is 19.6. The summed E-state index contributed by atoms with van der Waals surface area (Å²) < 4.78 is 10.6. The molecule has 4 aromatic rings. The van der Waals surface area contributed by atoms with Gasteiger partial charge in [0.1, 0.15) is 23.4 Å². The van der Waals surface area contributed by atoms with E-state index in [-0.39, 0.29) is 34.1 Å². The van der Waals surface area contributed by atoms with Crippen molar-refractivity contribution in [1.29, 1.82) is 0 Å². The number of rotatable bonds is 6. The van der Waals surface area contributed by atoms with E-state index in [9.17, 15) is 24.0 Å². The summed E-state index contributed by atoms with van der Waals surface area (Å²) in [6, 6.07) is 21.0. The summed E-state index contributed by atoms with van der Waals surface area (Å²) in [5.74, 6) is -2.53. The molecule has 37 heavy (non-hydrogen) atoms. The van der Waals surface area contributed by atoms with Gasteiger partial charge in [-0.3, -0.25) is 19.3 Å². The lowest BCUT2D eigenvalue weighted by Crippen LogP contribution is -2.36. The Balaban J connectivity index is 1.29. The summed E-state index contributed by atoms with van der Waals surface area (Å²) in [6.07, 6.45) is 0. The Morgan fingerprint density at radius 1 is 0.892 bits per heavy atom. The number of ether oxygens (including phenoxy) is 1. The molecule has 9 nitrogen and oxygen atoms in total. The third-order valence-corrected chi connectivity index (χ3v) is 6.00. The molecule has 1 N–H and O–H groups in total. The van der Waals surface area contributed by atoms with Gasteiger partial charge in [0, 0.05) is 11.5 Å². The number of benzene rings is 3. The first-order chi connectivity index (χ1) is 17.8. The maximum absolute atomic E-state index is 12.7. The number of hydrogen-bond donors (Lipinski definition) is 1. The van der Waals surface area contributed by atoms with E-state index in [0.29, 0.717) is 5.39 Å². The lowest BCUT2D eigenvalue weighted by atomic mass is 10.1. The monoisotopic (exact) mass is 496 g/mol. The lowest BCUT2D eigenvalue weighted by Gasteiger charge is -2.14. The minimum absolute atomic E-state index is 0.0483. The molecule has 3 aromatic carbocycles. The van der Waals surface area contributed by atoms with Gasteiger partial charge in [-0.1, -0.05) is 42.5 Å². The predicted octanol–water partition coefficient (Wildman–Crippen LogP) is 3.49. The summed E-state index contributed by atoms with van der Waals surface area (Å²) in [5, 5.41) is 3.22. The fraction of sp³-hybridized carbons (Fsp3) is 0.107. The van der Waals surface area contributed by atoms with Gasteiger partial charge in [0.2, 0.25) is 0 Å². The molecule has 0 fully saturated rings. The number of nitrogens with zero attached hydrogens (tertiary/aromatic N) is 1. The molecule has 0 bridgehead atoms. The van der Waals surface area contributed by atoms with E-state index in [1.165, 1.54) is 36.4 Å². The molecule has 3 amide bonds. The van der Waals surface area contributed by atoms with Gasteiger partial charge in [-0.05, 0) is 42.8 Å². The highest BCUT2D eigenvalue weighted by Gasteiger charge is 2.36. The van der Waals surface area contributed by atoms with Crippen molar-refractivity contribution in [3.05, 3.63) is 112 Å². The van der Waals surface area contributed by atoms with Gasteiger partial charge in [0.05, 0.1) is 17.2 Å². The maximum Gasteiger partial charge on any atom is 0.349 e. The van der Waals surface area contributed by atoms with Crippen molar-refractivity contribution in [2.24, 2.45) is 0 Å². The minimum Gasteiger partial charge on any atom is -0.425 e. The van der Waals surface area contributed by atoms with Crippen molar-refractivity contribution in [2.45, 2.75) is 13.0 Å². The molecule has 1 aliphatic rings. The van der Waals surface area contributed by atoms with Gasteiger partial charge in [0.25, 0.3) is 17.7 Å². The van der Waals surface area contributed by atoms with Crippen LogP contribution in [-0.4, -0.2) is 35.1 Å². The molecule has 0 radical (unpaired) electrons. The molecule has 184 valence electrons. The largest absolute Gasteiger partial charge is 0.425 e. The van der Waals surface area contributed by atoms with Gasteiger partial charge in [0.15, 0.2) is 0 Å². The highest BCUT2D eigenvalue weighted by molar-refractivity contribution is 6.22. The minimum atomic E-state index is -0.847. The van der Waals surface area contributed by atoms with Crippen LogP contribution < -0.4 is 15.7 Å². The van der Waals surface area contributed by atoms with E-state index in [4.69, 9.17) is 9.15 Å². The van der Waals surface area contributed by atoms with E-state index in [2.05, 4.69) is 5.32 Å². The number of hydrogen-bond acceptors (Lipinski definition) is 7. The Morgan fingerprint density at radius 2 is 1.54 bits per heavy atom. The first-order valence-electron chi connectivity index (χ1n) is 11.4. The summed E-state index contributed by atoms with van der Waals surface area (Å²) in [4.78, 5) is 63.4. The maximum atomic E-state index is 12.7. The summed E-state index contributed by atoms with van der Waals surface area (Å²) in [6.45, 7) is 1.23. The molecule has 0 aliphatic carbocycles. The quantitative estimate of drug-likeness (QED) is 0.188. The Bertz CT molecular complexity index is 1590. The average Bonchev–Trinajstić information content (AvgIpc) is 3.13. The van der Waals surface area contributed by atoms with Crippen LogP contribution in [0.4, 0.5) is 0 Å². The lowest BCUT2D eigenvalue weighted by molar-refractivity contribution is -0.134. The van der Waals surface area contributed by atoms with Crippen molar-refractivity contribution >= 4 is 34.7 Å². The van der Waals surface area contributed by atoms with Crippen molar-refractivity contribution in [3.8, 4) is 5.75 Å². The number of carbonyl (C=O) groups excluding carboxylic acids is 4. The van der Waals surface area contributed by atoms with Crippen LogP contribution in [0.2, 0.25) is 0 Å². The molecule has 5 rings (SSSR count). The molecular formula is C28H20N2O7. The van der Waals surface area contributed by atoms with Gasteiger partial charge >= 0.3 is 11.6 Å². The summed E-state index contributed by atoms with van der Waals surface area (Å²) in [5.41, 5.74) is 0.430. The standard InChI is InChI=1S/C28H20N2O7/c1-16(17-7-3-2-4-8-17)29-25(32)22-13-18-11-12-19(14-23(18)37-28(22)35)36-24(31)15-30-26(33)20-9-5-6-10-21(20)27(30)34/h2-14,16H,15H2,1H3,(H,29,32). The number of carbonyl (C=O) groups is 4. The molecule has 0 spiro atoms. The smallest absolute Gasteiger partial charge is 0.349 e. The molecule has 1 atom stereocenters. The van der Waals surface area contributed by atoms with Crippen LogP contribution in [0, 0.1) is 0 Å². The van der Waals surface area contributed by atoms with E-state index in [1.807, 2.05) is 30.3 Å². The van der Waals surface area contributed by atoms with Gasteiger partial charge in [-0.2, -0.15) is 0 Å². The fourth-order valence-corrected chi connectivity index (χ4v) is 4.09. The Hall–Kier alpha value is -5.05. The van der Waals surface area contributed by atoms with E-state index < -0.39 is 35.9 Å². The third kappa shape index (κ3) is 4.62. The van der Waals surface area contributed by atoms with Gasteiger partial charge in [-0.25, -0.2) is 9.59 Å². The Kier molecular flexibility index (Phi) is 6.10. The van der Waals surface area contributed by atoms with Crippen LogP contribution >= 0.6 is 0 Å². The molecule has 1 aliphatic heterocycles. The molecule has 2 heterocycles. The molecule has 0 saturated heterocycles. The van der Waals surface area contributed by atoms with E-state index >= 15 is 0 Å². The Morgan fingerprint density at radius 3 is 2.22 bits per heavy atom. The van der Waals surface area contributed by atoms with E-state index in [0.717, 1.165) is 10.5 Å². The second-order valence-electron chi connectivity index (χ2n) is 8.47. The highest BCUT2D eigenvalue weighted by Crippen LogP contribution is 2.24. The number of esters is 1. The molecule has 9 heteroatoms. The highest BCUT2D eigenvalue weighted by atomic mass is 16.5. The van der Waals surface area contributed by atoms with E-state index in [1.54, 1.807) is 19.1 Å². The zero-order valence-electron chi connectivity index (χ0n) is 19.6. The van der Waals surface area contributed by atoms with Crippen molar-refractivity contribution < 1.29 is 28.3 Å². The molecule has 1 unspecified atom stereocenters. The van der Waals surface area contributed by atoms with Crippen molar-refractivity contribution in [2.75, 3.05) is 6.54 Å². The first kappa shape index (κ1) is 23.7. The number of nitrogens with one attached hydrogen (secondary N) is 1. The number of fused-ring (bicyclic) bond motifs is 2. The van der Waals surface area contributed by atoms with Crippen molar-refractivity contribution in [1.82, 2.24) is 10.2 Å². The third-order valence-electron chi connectivity index (χ3n) is 6.00. The molecular weight excluding hydrogens is 476 g/mol. The molecule has 1 aromatic heterocycles. The first-order valence-corrected chi connectivity index (χ1v) is 11.4. The van der Waals surface area contributed by atoms with Crippen LogP contribution in [0.1, 0.15) is 49.6 Å². The summed E-state index contributed by atoms with van der Waals surface area (Å²) in [7, 11) is 0. The average molecular weight is 496 g/mol. The predicted molar refractivity (Wildman–Crippen MR) is 132 cm³/mol. The normalized spacial score (nSPS) is 13.4. The van der Waals surface area contributed by atoms with Crippen molar-refractivity contribution in [3.63, 3.8) is 0 Å². The second kappa shape index (κ2) is 9.54. The fourth-order valence-electron chi connectivity index (χ4n) is 4.09. The van der Waals surface area contributed by atoms with Gasteiger partial charge < -0.3 is 14.5 Å².